The fourth-order valence-corrected chi connectivity index (χ4v) is 2.27. The maximum absolute atomic E-state index is 11.9. The lowest BCUT2D eigenvalue weighted by molar-refractivity contribution is 0.130. The summed E-state index contributed by atoms with van der Waals surface area (Å²) in [5, 5.41) is 18.8. The molecule has 1 N–H and O–H groups in total. The van der Waals surface area contributed by atoms with Gasteiger partial charge in [-0.05, 0) is 26.8 Å². The van der Waals surface area contributed by atoms with E-state index in [2.05, 4.69) is 25.7 Å². The topological polar surface area (TPSA) is 99.1 Å². The van der Waals surface area contributed by atoms with Crippen molar-refractivity contribution < 1.29 is 14.3 Å². The third-order valence-electron chi connectivity index (χ3n) is 3.50. The molecule has 144 valence electrons. The van der Waals surface area contributed by atoms with Crippen molar-refractivity contribution in [2.75, 3.05) is 0 Å². The summed E-state index contributed by atoms with van der Waals surface area (Å²) in [6.45, 7) is 5.67. The standard InChI is InChI=1S/C20H21N5O3/c1-20(2,3)21-19(26)27-13-15-11-7-8-12-16(15)28-18-24-22-17(23-25-18)14-9-5-4-6-10-14/h4-12H,13H2,1-3H3,(H,21,26). The molecule has 0 radical (unpaired) electrons. The number of hydrogen-bond acceptors (Lipinski definition) is 7. The molecule has 0 atom stereocenters. The van der Waals surface area contributed by atoms with Crippen LogP contribution in [0.4, 0.5) is 4.79 Å². The third kappa shape index (κ3) is 5.47. The zero-order chi connectivity index (χ0) is 20.0. The Morgan fingerprint density at radius 3 is 2.25 bits per heavy atom. The van der Waals surface area contributed by atoms with Gasteiger partial charge in [-0.1, -0.05) is 58.7 Å². The summed E-state index contributed by atoms with van der Waals surface area (Å²) in [5.74, 6) is 0.866. The number of hydrogen-bond donors (Lipinski definition) is 1. The van der Waals surface area contributed by atoms with Gasteiger partial charge in [-0.2, -0.15) is 0 Å². The van der Waals surface area contributed by atoms with Crippen molar-refractivity contribution in [1.82, 2.24) is 25.7 Å². The molecule has 3 aromatic rings. The lowest BCUT2D eigenvalue weighted by Gasteiger charge is -2.20. The van der Waals surface area contributed by atoms with E-state index in [-0.39, 0.29) is 18.2 Å². The van der Waals surface area contributed by atoms with E-state index in [1.54, 1.807) is 18.2 Å². The number of benzene rings is 2. The van der Waals surface area contributed by atoms with Gasteiger partial charge in [-0.25, -0.2) is 4.79 Å². The number of rotatable bonds is 5. The second-order valence-corrected chi connectivity index (χ2v) is 7.03. The first-order valence-corrected chi connectivity index (χ1v) is 8.74. The minimum absolute atomic E-state index is 0.00581. The Labute approximate surface area is 162 Å². The summed E-state index contributed by atoms with van der Waals surface area (Å²) in [7, 11) is 0. The predicted molar refractivity (Wildman–Crippen MR) is 103 cm³/mol. The molecule has 8 nitrogen and oxygen atoms in total. The van der Waals surface area contributed by atoms with Gasteiger partial charge < -0.3 is 14.8 Å². The summed E-state index contributed by atoms with van der Waals surface area (Å²) in [4.78, 5) is 11.9. The summed E-state index contributed by atoms with van der Waals surface area (Å²) in [6.07, 6.45) is -0.505. The van der Waals surface area contributed by atoms with Crippen LogP contribution in [-0.2, 0) is 11.3 Å². The van der Waals surface area contributed by atoms with Crippen LogP contribution in [0.3, 0.4) is 0 Å². The first kappa shape index (κ1) is 19.2. The molecule has 0 spiro atoms. The summed E-state index contributed by atoms with van der Waals surface area (Å²) >= 11 is 0. The molecule has 0 saturated carbocycles. The van der Waals surface area contributed by atoms with Gasteiger partial charge >= 0.3 is 12.1 Å². The van der Waals surface area contributed by atoms with E-state index >= 15 is 0 Å². The fourth-order valence-electron chi connectivity index (χ4n) is 2.27. The van der Waals surface area contributed by atoms with Gasteiger partial charge in [0.25, 0.3) is 0 Å². The van der Waals surface area contributed by atoms with Gasteiger partial charge in [0, 0.05) is 16.7 Å². The van der Waals surface area contributed by atoms with Gasteiger partial charge in [0.1, 0.15) is 12.4 Å². The first-order valence-electron chi connectivity index (χ1n) is 8.74. The Hall–Kier alpha value is -3.55. The van der Waals surface area contributed by atoms with Gasteiger partial charge in [0.15, 0.2) is 0 Å². The number of carbonyl (C=O) groups is 1. The lowest BCUT2D eigenvalue weighted by atomic mass is 10.1. The average Bonchev–Trinajstić information content (AvgIpc) is 2.67. The van der Waals surface area contributed by atoms with Crippen molar-refractivity contribution in [1.29, 1.82) is 0 Å². The number of nitrogens with one attached hydrogen (secondary N) is 1. The van der Waals surface area contributed by atoms with E-state index in [0.717, 1.165) is 5.56 Å². The molecule has 1 aromatic heterocycles. The van der Waals surface area contributed by atoms with E-state index in [4.69, 9.17) is 9.47 Å². The minimum Gasteiger partial charge on any atom is -0.445 e. The number of amides is 1. The quantitative estimate of drug-likeness (QED) is 0.720. The number of alkyl carbamates (subject to hydrolysis) is 1. The normalized spacial score (nSPS) is 11.0. The highest BCUT2D eigenvalue weighted by Gasteiger charge is 2.16. The molecule has 0 aliphatic carbocycles. The van der Waals surface area contributed by atoms with Crippen molar-refractivity contribution >= 4 is 6.09 Å². The molecule has 1 heterocycles. The van der Waals surface area contributed by atoms with E-state index in [9.17, 15) is 4.79 Å². The van der Waals surface area contributed by atoms with Crippen LogP contribution >= 0.6 is 0 Å². The predicted octanol–water partition coefficient (Wildman–Crippen LogP) is 3.75. The summed E-state index contributed by atoms with van der Waals surface area (Å²) in [5.41, 5.74) is 1.11. The number of carbonyl (C=O) groups excluding carboxylic acids is 1. The molecule has 0 aliphatic rings. The molecule has 28 heavy (non-hydrogen) atoms. The van der Waals surface area contributed by atoms with Crippen molar-refractivity contribution in [3.8, 4) is 23.1 Å². The monoisotopic (exact) mass is 379 g/mol. The first-order chi connectivity index (χ1) is 13.4. The van der Waals surface area contributed by atoms with Gasteiger partial charge in [-0.3, -0.25) is 0 Å². The zero-order valence-corrected chi connectivity index (χ0v) is 15.9. The van der Waals surface area contributed by atoms with E-state index in [1.807, 2.05) is 57.2 Å². The average molecular weight is 379 g/mol. The molecule has 0 saturated heterocycles. The molecule has 2 aromatic carbocycles. The van der Waals surface area contributed by atoms with E-state index in [1.165, 1.54) is 0 Å². The highest BCUT2D eigenvalue weighted by Crippen LogP contribution is 2.23. The molecule has 0 unspecified atom stereocenters. The van der Waals surface area contributed by atoms with Crippen LogP contribution in [0.25, 0.3) is 11.4 Å². The Kier molecular flexibility index (Phi) is 5.78. The number of aromatic nitrogens is 4. The van der Waals surface area contributed by atoms with Crippen molar-refractivity contribution in [2.45, 2.75) is 32.9 Å². The Balaban J connectivity index is 1.67. The largest absolute Gasteiger partial charge is 0.445 e. The zero-order valence-electron chi connectivity index (χ0n) is 15.9. The molecule has 8 heteroatoms. The minimum atomic E-state index is -0.505. The molecule has 1 amide bonds. The smallest absolute Gasteiger partial charge is 0.407 e. The van der Waals surface area contributed by atoms with Crippen LogP contribution in [0, 0.1) is 0 Å². The third-order valence-corrected chi connectivity index (χ3v) is 3.50. The molecule has 0 bridgehead atoms. The summed E-state index contributed by atoms with van der Waals surface area (Å²) in [6, 6.07) is 16.6. The van der Waals surface area contributed by atoms with Crippen molar-refractivity contribution in [3.63, 3.8) is 0 Å². The van der Waals surface area contributed by atoms with Gasteiger partial charge in [0.2, 0.25) is 5.82 Å². The molecule has 3 rings (SSSR count). The van der Waals surface area contributed by atoms with Crippen LogP contribution in [0.5, 0.6) is 11.8 Å². The molecule has 0 aliphatic heterocycles. The Bertz CT molecular complexity index is 925. The highest BCUT2D eigenvalue weighted by molar-refractivity contribution is 5.68. The maximum atomic E-state index is 11.9. The maximum Gasteiger partial charge on any atom is 0.407 e. The summed E-state index contributed by atoms with van der Waals surface area (Å²) < 4.78 is 10.9. The fraction of sp³-hybridized carbons (Fsp3) is 0.250. The van der Waals surface area contributed by atoms with Crippen LogP contribution in [0.1, 0.15) is 26.3 Å². The lowest BCUT2D eigenvalue weighted by Crippen LogP contribution is -2.40. The van der Waals surface area contributed by atoms with Gasteiger partial charge in [0.05, 0.1) is 0 Å². The van der Waals surface area contributed by atoms with Crippen LogP contribution in [0.2, 0.25) is 0 Å². The number of ether oxygens (including phenoxy) is 2. The highest BCUT2D eigenvalue weighted by atomic mass is 16.6. The van der Waals surface area contributed by atoms with Crippen molar-refractivity contribution in [3.05, 3.63) is 60.2 Å². The SMILES string of the molecule is CC(C)(C)NC(=O)OCc1ccccc1Oc1nnc(-c2ccccc2)nn1. The van der Waals surface area contributed by atoms with Crippen LogP contribution in [-0.4, -0.2) is 32.0 Å². The van der Waals surface area contributed by atoms with Crippen LogP contribution in [0.15, 0.2) is 54.6 Å². The molecular formula is C20H21N5O3. The van der Waals surface area contributed by atoms with E-state index in [0.29, 0.717) is 17.1 Å². The molecule has 0 fully saturated rings. The number of nitrogens with zero attached hydrogens (tertiary/aromatic N) is 4. The molecular weight excluding hydrogens is 358 g/mol. The van der Waals surface area contributed by atoms with Crippen LogP contribution < -0.4 is 10.1 Å². The Morgan fingerprint density at radius 2 is 1.57 bits per heavy atom. The van der Waals surface area contributed by atoms with E-state index < -0.39 is 6.09 Å². The van der Waals surface area contributed by atoms with Crippen molar-refractivity contribution in [2.24, 2.45) is 0 Å². The Morgan fingerprint density at radius 1 is 0.929 bits per heavy atom. The second-order valence-electron chi connectivity index (χ2n) is 7.03. The second kappa shape index (κ2) is 8.43. The number of para-hydroxylation sites is 1. The van der Waals surface area contributed by atoms with Gasteiger partial charge in [-0.15, -0.1) is 10.2 Å².